The summed E-state index contributed by atoms with van der Waals surface area (Å²) >= 11 is 0. The zero-order valence-corrected chi connectivity index (χ0v) is 10.5. The van der Waals surface area contributed by atoms with Crippen LogP contribution in [0.25, 0.3) is 0 Å². The first-order valence-electron chi connectivity index (χ1n) is 6.55. The summed E-state index contributed by atoms with van der Waals surface area (Å²) in [5, 5.41) is 0. The molecule has 1 amide bonds. The van der Waals surface area contributed by atoms with Crippen molar-refractivity contribution < 1.29 is 13.9 Å². The summed E-state index contributed by atoms with van der Waals surface area (Å²) in [6.45, 7) is 0.768. The second-order valence-corrected chi connectivity index (χ2v) is 4.96. The van der Waals surface area contributed by atoms with Crippen LogP contribution in [-0.4, -0.2) is 29.8 Å². The van der Waals surface area contributed by atoms with Crippen LogP contribution in [0, 0.1) is 5.92 Å². The van der Waals surface area contributed by atoms with E-state index in [0.717, 1.165) is 12.0 Å². The van der Waals surface area contributed by atoms with Crippen molar-refractivity contribution in [3.8, 4) is 0 Å². The molecule has 3 rings (SSSR count). The largest absolute Gasteiger partial charge is 0.445 e. The molecule has 19 heavy (non-hydrogen) atoms. The fourth-order valence-corrected chi connectivity index (χ4v) is 2.51. The molecule has 0 aromatic heterocycles. The van der Waals surface area contributed by atoms with Gasteiger partial charge in [0, 0.05) is 12.5 Å². The van der Waals surface area contributed by atoms with Gasteiger partial charge in [0.1, 0.15) is 12.8 Å². The number of carbonyl (C=O) groups is 1. The minimum absolute atomic E-state index is 0.133. The van der Waals surface area contributed by atoms with Crippen LogP contribution in [0.1, 0.15) is 12.0 Å². The highest BCUT2D eigenvalue weighted by Gasteiger charge is 2.55. The van der Waals surface area contributed by atoms with Crippen LogP contribution in [0.3, 0.4) is 0 Å². The molecule has 4 heteroatoms. The SMILES string of the molecule is O=C(OCc1ccccc1)N1CCC=CC2[C@H](F)[C@H]21. The summed E-state index contributed by atoms with van der Waals surface area (Å²) in [5.74, 6) is -0.133. The molecule has 100 valence electrons. The monoisotopic (exact) mass is 261 g/mol. The lowest BCUT2D eigenvalue weighted by molar-refractivity contribution is 0.0908. The van der Waals surface area contributed by atoms with Crippen molar-refractivity contribution in [2.45, 2.75) is 25.2 Å². The number of nitrogens with zero attached hydrogens (tertiary/aromatic N) is 1. The summed E-state index contributed by atoms with van der Waals surface area (Å²) in [6, 6.07) is 9.18. The minimum atomic E-state index is -0.930. The van der Waals surface area contributed by atoms with E-state index >= 15 is 0 Å². The molecule has 0 spiro atoms. The Labute approximate surface area is 111 Å². The molecule has 2 aliphatic rings. The van der Waals surface area contributed by atoms with E-state index in [1.165, 1.54) is 4.90 Å². The molecule has 1 aliphatic carbocycles. The summed E-state index contributed by atoms with van der Waals surface area (Å²) in [4.78, 5) is 13.5. The van der Waals surface area contributed by atoms with Gasteiger partial charge in [0.05, 0.1) is 6.04 Å². The van der Waals surface area contributed by atoms with Crippen LogP contribution in [0.5, 0.6) is 0 Å². The van der Waals surface area contributed by atoms with Gasteiger partial charge in [0.15, 0.2) is 0 Å². The van der Waals surface area contributed by atoms with Crippen molar-refractivity contribution in [2.24, 2.45) is 5.92 Å². The van der Waals surface area contributed by atoms with Crippen LogP contribution in [-0.2, 0) is 11.3 Å². The average Bonchev–Trinajstić information content (AvgIpc) is 3.13. The smallest absolute Gasteiger partial charge is 0.410 e. The molecule has 1 aromatic rings. The summed E-state index contributed by atoms with van der Waals surface area (Å²) in [7, 11) is 0. The van der Waals surface area contributed by atoms with Gasteiger partial charge in [-0.2, -0.15) is 0 Å². The Bertz CT molecular complexity index is 488. The van der Waals surface area contributed by atoms with E-state index in [9.17, 15) is 9.18 Å². The molecule has 1 aliphatic heterocycles. The maximum Gasteiger partial charge on any atom is 0.410 e. The molecule has 1 saturated carbocycles. The van der Waals surface area contributed by atoms with Gasteiger partial charge in [-0.25, -0.2) is 9.18 Å². The second kappa shape index (κ2) is 5.03. The number of ether oxygens (including phenoxy) is 1. The maximum absolute atomic E-state index is 13.5. The third-order valence-electron chi connectivity index (χ3n) is 3.64. The Balaban J connectivity index is 1.59. The standard InChI is InChI=1S/C15H16FNO2/c16-13-12-8-4-5-9-17(14(12)13)15(18)19-10-11-6-2-1-3-7-11/h1-4,6-8,12-14H,5,9-10H2/t12?,13-,14-/m0/s1. The minimum Gasteiger partial charge on any atom is -0.445 e. The van der Waals surface area contributed by atoms with E-state index in [4.69, 9.17) is 4.74 Å². The first kappa shape index (κ1) is 12.2. The highest BCUT2D eigenvalue weighted by Crippen LogP contribution is 2.42. The Kier molecular flexibility index (Phi) is 3.23. The van der Waals surface area contributed by atoms with E-state index in [0.29, 0.717) is 6.54 Å². The van der Waals surface area contributed by atoms with Crippen molar-refractivity contribution in [1.82, 2.24) is 4.90 Å². The molecule has 3 nitrogen and oxygen atoms in total. The number of rotatable bonds is 2. The molecule has 0 N–H and O–H groups in total. The Morgan fingerprint density at radius 1 is 1.37 bits per heavy atom. The molecule has 1 aromatic carbocycles. The van der Waals surface area contributed by atoms with Crippen molar-refractivity contribution >= 4 is 6.09 Å². The van der Waals surface area contributed by atoms with Crippen molar-refractivity contribution in [3.05, 3.63) is 48.0 Å². The third-order valence-corrected chi connectivity index (χ3v) is 3.64. The van der Waals surface area contributed by atoms with Crippen LogP contribution >= 0.6 is 0 Å². The molecule has 1 unspecified atom stereocenters. The number of alkyl halides is 1. The number of carbonyl (C=O) groups excluding carboxylic acids is 1. The van der Waals surface area contributed by atoms with Crippen LogP contribution in [0.15, 0.2) is 42.5 Å². The predicted molar refractivity (Wildman–Crippen MR) is 69.3 cm³/mol. The first-order valence-corrected chi connectivity index (χ1v) is 6.55. The maximum atomic E-state index is 13.5. The number of fused-ring (bicyclic) bond motifs is 1. The number of hydrogen-bond acceptors (Lipinski definition) is 2. The molecule has 0 radical (unpaired) electrons. The fourth-order valence-electron chi connectivity index (χ4n) is 2.51. The molecule has 3 atom stereocenters. The third kappa shape index (κ3) is 2.48. The molecule has 0 bridgehead atoms. The van der Waals surface area contributed by atoms with Gasteiger partial charge in [-0.05, 0) is 12.0 Å². The molecular formula is C15H16FNO2. The zero-order valence-electron chi connectivity index (χ0n) is 10.5. The van der Waals surface area contributed by atoms with Crippen molar-refractivity contribution in [3.63, 3.8) is 0 Å². The highest BCUT2D eigenvalue weighted by atomic mass is 19.1. The van der Waals surface area contributed by atoms with Gasteiger partial charge >= 0.3 is 6.09 Å². The summed E-state index contributed by atoms with van der Waals surface area (Å²) in [6.07, 6.45) is 3.24. The lowest BCUT2D eigenvalue weighted by atomic mass is 10.2. The Morgan fingerprint density at radius 2 is 2.16 bits per heavy atom. The highest BCUT2D eigenvalue weighted by molar-refractivity contribution is 5.69. The average molecular weight is 261 g/mol. The molecule has 1 fully saturated rings. The zero-order chi connectivity index (χ0) is 13.2. The van der Waals surface area contributed by atoms with Crippen LogP contribution in [0.4, 0.5) is 9.18 Å². The van der Waals surface area contributed by atoms with Crippen LogP contribution < -0.4 is 0 Å². The number of amides is 1. The first-order chi connectivity index (χ1) is 9.27. The normalized spacial score (nSPS) is 28.5. The van der Waals surface area contributed by atoms with E-state index in [1.54, 1.807) is 0 Å². The number of benzene rings is 1. The molecular weight excluding hydrogens is 245 g/mol. The van der Waals surface area contributed by atoms with Crippen molar-refractivity contribution in [1.29, 1.82) is 0 Å². The van der Waals surface area contributed by atoms with E-state index in [2.05, 4.69) is 0 Å². The van der Waals surface area contributed by atoms with E-state index in [-0.39, 0.29) is 18.6 Å². The van der Waals surface area contributed by atoms with Crippen molar-refractivity contribution in [2.75, 3.05) is 6.54 Å². The lowest BCUT2D eigenvalue weighted by Gasteiger charge is -2.20. The lowest BCUT2D eigenvalue weighted by Crippen LogP contribution is -2.35. The predicted octanol–water partition coefficient (Wildman–Crippen LogP) is 2.92. The molecule has 1 heterocycles. The van der Waals surface area contributed by atoms with E-state index < -0.39 is 12.3 Å². The second-order valence-electron chi connectivity index (χ2n) is 4.96. The number of hydrogen-bond donors (Lipinski definition) is 0. The van der Waals surface area contributed by atoms with Gasteiger partial charge in [-0.1, -0.05) is 42.5 Å². The number of halogens is 1. The Morgan fingerprint density at radius 3 is 2.95 bits per heavy atom. The Hall–Kier alpha value is -1.84. The fraction of sp³-hybridized carbons (Fsp3) is 0.400. The topological polar surface area (TPSA) is 29.5 Å². The summed E-state index contributed by atoms with van der Waals surface area (Å²) in [5.41, 5.74) is 0.938. The van der Waals surface area contributed by atoms with E-state index in [1.807, 2.05) is 42.5 Å². The van der Waals surface area contributed by atoms with Crippen LogP contribution in [0.2, 0.25) is 0 Å². The molecule has 0 saturated heterocycles. The quantitative estimate of drug-likeness (QED) is 0.766. The summed E-state index contributed by atoms with van der Waals surface area (Å²) < 4.78 is 18.8. The van der Waals surface area contributed by atoms with Gasteiger partial charge in [-0.15, -0.1) is 0 Å². The van der Waals surface area contributed by atoms with Gasteiger partial charge in [-0.3, -0.25) is 0 Å². The van der Waals surface area contributed by atoms with Gasteiger partial charge in [0.2, 0.25) is 0 Å². The van der Waals surface area contributed by atoms with Gasteiger partial charge < -0.3 is 9.64 Å². The van der Waals surface area contributed by atoms with Gasteiger partial charge in [0.25, 0.3) is 0 Å².